The van der Waals surface area contributed by atoms with E-state index in [2.05, 4.69) is 27.7 Å². The first-order valence-electron chi connectivity index (χ1n) is 18.9. The smallest absolute Gasteiger partial charge is 0.0459 e. The highest BCUT2D eigenvalue weighted by Crippen LogP contribution is 2.20. The Morgan fingerprint density at radius 1 is 0.275 bits per heavy atom. The largest absolute Gasteiger partial charge is 0.396 e. The van der Waals surface area contributed by atoms with Gasteiger partial charge in [-0.1, -0.05) is 195 Å². The molecule has 0 aromatic heterocycles. The van der Waals surface area contributed by atoms with Crippen molar-refractivity contribution in [1.82, 2.24) is 0 Å². The number of hydrogen-bond donors (Lipinski definition) is 2. The number of rotatable bonds is 32. The molecule has 2 atom stereocenters. The molecule has 244 valence electrons. The summed E-state index contributed by atoms with van der Waals surface area (Å²) in [6.07, 6.45) is 41.0. The molecule has 0 fully saturated rings. The van der Waals surface area contributed by atoms with E-state index in [1.54, 1.807) is 0 Å². The Kier molecular flexibility index (Phi) is 40.9. The van der Waals surface area contributed by atoms with Gasteiger partial charge in [-0.05, 0) is 37.5 Å². The Balaban J connectivity index is 0. The second kappa shape index (κ2) is 38.9. The molecule has 0 aliphatic rings. The van der Waals surface area contributed by atoms with E-state index in [4.69, 9.17) is 5.11 Å². The van der Waals surface area contributed by atoms with Gasteiger partial charge in [0.15, 0.2) is 0 Å². The second-order valence-electron chi connectivity index (χ2n) is 13.0. The normalized spacial score (nSPS) is 12.8. The first-order chi connectivity index (χ1) is 19.7. The summed E-state index contributed by atoms with van der Waals surface area (Å²) in [5.41, 5.74) is 0. The molecule has 2 unspecified atom stereocenters. The molecule has 2 N–H and O–H groups in total. The lowest BCUT2D eigenvalue weighted by Gasteiger charge is -2.13. The number of hydrogen-bond acceptors (Lipinski definition) is 2. The monoisotopic (exact) mass is 569 g/mol. The van der Waals surface area contributed by atoms with Crippen molar-refractivity contribution in [1.29, 1.82) is 0 Å². The van der Waals surface area contributed by atoms with Crippen LogP contribution in [0.2, 0.25) is 0 Å². The van der Waals surface area contributed by atoms with Gasteiger partial charge in [0, 0.05) is 13.2 Å². The topological polar surface area (TPSA) is 40.5 Å². The van der Waals surface area contributed by atoms with Gasteiger partial charge in [0.05, 0.1) is 0 Å². The fraction of sp³-hybridized carbons (Fsp3) is 1.00. The summed E-state index contributed by atoms with van der Waals surface area (Å²) in [4.78, 5) is 0. The summed E-state index contributed by atoms with van der Waals surface area (Å²) < 4.78 is 0. The Hall–Kier alpha value is -0.0800. The summed E-state index contributed by atoms with van der Waals surface area (Å²) in [6.45, 7) is 9.83. The molecule has 0 bridgehead atoms. The van der Waals surface area contributed by atoms with Gasteiger partial charge in [0.2, 0.25) is 0 Å². The van der Waals surface area contributed by atoms with Crippen molar-refractivity contribution in [2.45, 2.75) is 220 Å². The number of aliphatic hydroxyl groups excluding tert-OH is 2. The maximum atomic E-state index is 9.61. The van der Waals surface area contributed by atoms with E-state index >= 15 is 0 Å². The third-order valence-corrected chi connectivity index (χ3v) is 8.88. The molecule has 0 aliphatic carbocycles. The molecule has 0 saturated carbocycles. The molecule has 0 spiro atoms. The van der Waals surface area contributed by atoms with Gasteiger partial charge >= 0.3 is 0 Å². The average Bonchev–Trinajstić information content (AvgIpc) is 2.98. The summed E-state index contributed by atoms with van der Waals surface area (Å²) in [5, 5.41) is 18.7. The van der Waals surface area contributed by atoms with Crippen LogP contribution in [-0.2, 0) is 0 Å². The fourth-order valence-electron chi connectivity index (χ4n) is 5.85. The molecule has 0 amide bonds. The van der Waals surface area contributed by atoms with Gasteiger partial charge in [0.25, 0.3) is 0 Å². The van der Waals surface area contributed by atoms with E-state index in [-0.39, 0.29) is 0 Å². The number of aliphatic hydroxyl groups is 2. The third kappa shape index (κ3) is 35.9. The van der Waals surface area contributed by atoms with Crippen LogP contribution in [0.1, 0.15) is 220 Å². The molecule has 0 aromatic carbocycles. The Morgan fingerprint density at radius 2 is 0.475 bits per heavy atom. The molecule has 0 aliphatic heterocycles. The van der Waals surface area contributed by atoms with Gasteiger partial charge in [-0.15, -0.1) is 0 Å². The van der Waals surface area contributed by atoms with Crippen molar-refractivity contribution in [3.63, 3.8) is 0 Å². The Morgan fingerprint density at radius 3 is 0.725 bits per heavy atom. The van der Waals surface area contributed by atoms with E-state index < -0.39 is 0 Å². The predicted molar refractivity (Wildman–Crippen MR) is 182 cm³/mol. The van der Waals surface area contributed by atoms with E-state index in [1.807, 2.05) is 0 Å². The molecule has 0 rings (SSSR count). The Labute approximate surface area is 255 Å². The van der Waals surface area contributed by atoms with Crippen LogP contribution in [0, 0.1) is 11.8 Å². The van der Waals surface area contributed by atoms with Gasteiger partial charge in [0.1, 0.15) is 0 Å². The zero-order valence-corrected chi connectivity index (χ0v) is 28.7. The van der Waals surface area contributed by atoms with Crippen molar-refractivity contribution < 1.29 is 10.2 Å². The van der Waals surface area contributed by atoms with Crippen LogP contribution in [0.5, 0.6) is 0 Å². The van der Waals surface area contributed by atoms with Crippen LogP contribution in [0.25, 0.3) is 0 Å². The van der Waals surface area contributed by atoms with Crippen molar-refractivity contribution >= 4 is 0 Å². The van der Waals surface area contributed by atoms with E-state index in [0.717, 1.165) is 0 Å². The maximum Gasteiger partial charge on any atom is 0.0459 e. The van der Waals surface area contributed by atoms with Crippen molar-refractivity contribution in [3.8, 4) is 0 Å². The quantitative estimate of drug-likeness (QED) is 0.0792. The second-order valence-corrected chi connectivity index (χ2v) is 13.0. The average molecular weight is 569 g/mol. The van der Waals surface area contributed by atoms with Crippen LogP contribution in [0.4, 0.5) is 0 Å². The lowest BCUT2D eigenvalue weighted by molar-refractivity contribution is 0.204. The van der Waals surface area contributed by atoms with Gasteiger partial charge < -0.3 is 10.2 Å². The van der Waals surface area contributed by atoms with Gasteiger partial charge in [-0.25, -0.2) is 0 Å². The molecule has 40 heavy (non-hydrogen) atoms. The minimum absolute atomic E-state index is 0.395. The van der Waals surface area contributed by atoms with Crippen LogP contribution < -0.4 is 0 Å². The zero-order valence-electron chi connectivity index (χ0n) is 28.7. The summed E-state index contributed by atoms with van der Waals surface area (Å²) in [6, 6.07) is 0. The maximum absolute atomic E-state index is 9.61. The van der Waals surface area contributed by atoms with Gasteiger partial charge in [-0.3, -0.25) is 0 Å². The zero-order chi connectivity index (χ0) is 29.8. The first-order valence-corrected chi connectivity index (χ1v) is 18.9. The minimum atomic E-state index is 0.395. The third-order valence-electron chi connectivity index (χ3n) is 8.88. The van der Waals surface area contributed by atoms with Crippen molar-refractivity contribution in [2.75, 3.05) is 13.2 Å². The lowest BCUT2D eigenvalue weighted by atomic mass is 9.94. The molecule has 0 saturated heterocycles. The summed E-state index contributed by atoms with van der Waals surface area (Å²) in [7, 11) is 0. The van der Waals surface area contributed by atoms with E-state index in [1.165, 1.54) is 193 Å². The minimum Gasteiger partial charge on any atom is -0.396 e. The lowest BCUT2D eigenvalue weighted by Crippen LogP contribution is -2.06. The molecular weight excluding hydrogens is 488 g/mol. The van der Waals surface area contributed by atoms with E-state index in [9.17, 15) is 5.11 Å². The SMILES string of the molecule is CCCCCCC(CO)CCCC.CCCCCCCCCCCCCC(CO)CCCCCCCCCCC. The number of unbranched alkanes of at least 4 members (excludes halogenated alkanes) is 22. The predicted octanol–water partition coefficient (Wildman–Crippen LogP) is 13.0. The van der Waals surface area contributed by atoms with Crippen LogP contribution in [-0.4, -0.2) is 23.4 Å². The van der Waals surface area contributed by atoms with Gasteiger partial charge in [-0.2, -0.15) is 0 Å². The van der Waals surface area contributed by atoms with Crippen molar-refractivity contribution in [3.05, 3.63) is 0 Å². The molecule has 0 radical (unpaired) electrons. The first kappa shape index (κ1) is 42.1. The molecule has 0 aromatic rings. The highest BCUT2D eigenvalue weighted by molar-refractivity contribution is 4.60. The Bertz CT molecular complexity index is 410. The highest BCUT2D eigenvalue weighted by atomic mass is 16.3. The fourth-order valence-corrected chi connectivity index (χ4v) is 5.85. The molecule has 2 nitrogen and oxygen atoms in total. The molecular formula is C38H80O2. The van der Waals surface area contributed by atoms with Crippen LogP contribution in [0.3, 0.4) is 0 Å². The standard InChI is InChI=1S/C26H54O.C12H26O/c1-3-5-7-9-11-13-14-16-18-20-22-24-26(25-27)23-21-19-17-15-12-10-8-6-4-2;1-3-5-7-8-10-12(11-13)9-6-4-2/h26-27H,3-25H2,1-2H3;12-13H,3-11H2,1-2H3. The molecule has 0 heterocycles. The summed E-state index contributed by atoms with van der Waals surface area (Å²) >= 11 is 0. The van der Waals surface area contributed by atoms with Crippen molar-refractivity contribution in [2.24, 2.45) is 11.8 Å². The van der Waals surface area contributed by atoms with E-state index in [0.29, 0.717) is 25.0 Å². The van der Waals surface area contributed by atoms with Crippen LogP contribution >= 0.6 is 0 Å². The summed E-state index contributed by atoms with van der Waals surface area (Å²) in [5.74, 6) is 1.16. The molecule has 2 heteroatoms. The highest BCUT2D eigenvalue weighted by Gasteiger charge is 2.07. The van der Waals surface area contributed by atoms with Crippen LogP contribution in [0.15, 0.2) is 0 Å².